The molecule has 0 unspecified atom stereocenters. The number of aliphatic hydroxyl groups excluding tert-OH is 1. The van der Waals surface area contributed by atoms with Crippen molar-refractivity contribution < 1.29 is 9.90 Å². The number of amides is 1. The van der Waals surface area contributed by atoms with E-state index in [1.54, 1.807) is 15.8 Å². The molecule has 3 rings (SSSR count). The van der Waals surface area contributed by atoms with Gasteiger partial charge in [-0.15, -0.1) is 11.3 Å². The maximum Gasteiger partial charge on any atom is 0.273 e. The van der Waals surface area contributed by atoms with Crippen molar-refractivity contribution in [2.75, 3.05) is 46.3 Å². The van der Waals surface area contributed by atoms with Crippen molar-refractivity contribution in [3.05, 3.63) is 16.6 Å². The van der Waals surface area contributed by atoms with E-state index in [1.165, 1.54) is 11.3 Å². The van der Waals surface area contributed by atoms with Crippen LogP contribution in [0.3, 0.4) is 0 Å². The van der Waals surface area contributed by atoms with Crippen LogP contribution >= 0.6 is 11.3 Å². The molecule has 0 aromatic carbocycles. The summed E-state index contributed by atoms with van der Waals surface area (Å²) < 4.78 is 0. The Bertz CT molecular complexity index is 459. The van der Waals surface area contributed by atoms with Gasteiger partial charge >= 0.3 is 0 Å². The molecule has 20 heavy (non-hydrogen) atoms. The van der Waals surface area contributed by atoms with E-state index in [1.807, 2.05) is 0 Å². The minimum Gasteiger partial charge on any atom is -0.390 e. The summed E-state index contributed by atoms with van der Waals surface area (Å²) in [7, 11) is 2.11. The van der Waals surface area contributed by atoms with Crippen LogP contribution in [0.1, 0.15) is 10.5 Å². The molecule has 0 bridgehead atoms. The SMILES string of the molecule is CN1CCN([C@@H]2CN(C(=O)c3cscn3)C[C@H]2O)CC1. The zero-order chi connectivity index (χ0) is 14.1. The van der Waals surface area contributed by atoms with Crippen LogP contribution < -0.4 is 0 Å². The normalized spacial score (nSPS) is 29.0. The number of carbonyl (C=O) groups is 1. The van der Waals surface area contributed by atoms with E-state index in [2.05, 4.69) is 21.8 Å². The molecular weight excluding hydrogens is 276 g/mol. The molecule has 1 amide bonds. The van der Waals surface area contributed by atoms with E-state index in [0.717, 1.165) is 26.2 Å². The number of aliphatic hydroxyl groups is 1. The molecule has 1 aromatic rings. The van der Waals surface area contributed by atoms with Crippen LogP contribution in [0.4, 0.5) is 0 Å². The topological polar surface area (TPSA) is 59.9 Å². The minimum absolute atomic E-state index is 0.0614. The van der Waals surface area contributed by atoms with Crippen molar-refractivity contribution >= 4 is 17.2 Å². The molecule has 7 heteroatoms. The molecule has 110 valence electrons. The molecule has 0 aliphatic carbocycles. The average molecular weight is 296 g/mol. The number of aromatic nitrogens is 1. The molecule has 0 radical (unpaired) electrons. The van der Waals surface area contributed by atoms with Crippen molar-refractivity contribution in [2.45, 2.75) is 12.1 Å². The summed E-state index contributed by atoms with van der Waals surface area (Å²) in [6, 6.07) is 0.0614. The molecule has 2 atom stereocenters. The molecule has 1 N–H and O–H groups in total. The molecule has 6 nitrogen and oxygen atoms in total. The fraction of sp³-hybridized carbons (Fsp3) is 0.692. The Balaban J connectivity index is 1.63. The Labute approximate surface area is 122 Å². The van der Waals surface area contributed by atoms with Gasteiger partial charge in [0, 0.05) is 44.6 Å². The second-order valence-electron chi connectivity index (χ2n) is 5.56. The first-order chi connectivity index (χ1) is 9.65. The summed E-state index contributed by atoms with van der Waals surface area (Å²) in [4.78, 5) is 22.6. The van der Waals surface area contributed by atoms with Crippen LogP contribution in [0.5, 0.6) is 0 Å². The Kier molecular flexibility index (Phi) is 4.02. The average Bonchev–Trinajstić information content (AvgIpc) is 3.08. The minimum atomic E-state index is -0.457. The lowest BCUT2D eigenvalue weighted by molar-refractivity contribution is 0.0512. The smallest absolute Gasteiger partial charge is 0.273 e. The number of β-amino-alcohol motifs (C(OH)–C–C–N with tert-alkyl or cyclic N) is 1. The Morgan fingerprint density at radius 1 is 1.35 bits per heavy atom. The number of nitrogens with zero attached hydrogens (tertiary/aromatic N) is 4. The van der Waals surface area contributed by atoms with Gasteiger partial charge in [-0.25, -0.2) is 4.98 Å². The summed E-state index contributed by atoms with van der Waals surface area (Å²) in [6.07, 6.45) is -0.457. The van der Waals surface area contributed by atoms with Crippen LogP contribution in [0.2, 0.25) is 0 Å². The van der Waals surface area contributed by atoms with Gasteiger partial charge < -0.3 is 14.9 Å². The first-order valence-electron chi connectivity index (χ1n) is 6.93. The zero-order valence-corrected chi connectivity index (χ0v) is 12.4. The van der Waals surface area contributed by atoms with Gasteiger partial charge in [-0.2, -0.15) is 0 Å². The van der Waals surface area contributed by atoms with E-state index < -0.39 is 6.10 Å². The maximum absolute atomic E-state index is 12.3. The maximum atomic E-state index is 12.3. The van der Waals surface area contributed by atoms with Gasteiger partial charge in [0.25, 0.3) is 5.91 Å². The first kappa shape index (κ1) is 13.9. The number of carbonyl (C=O) groups excluding carboxylic acids is 1. The third-order valence-electron chi connectivity index (χ3n) is 4.20. The highest BCUT2D eigenvalue weighted by molar-refractivity contribution is 7.07. The molecule has 2 fully saturated rings. The second-order valence-corrected chi connectivity index (χ2v) is 6.28. The molecule has 2 saturated heterocycles. The molecule has 2 aliphatic rings. The van der Waals surface area contributed by atoms with Crippen molar-refractivity contribution in [3.8, 4) is 0 Å². The van der Waals surface area contributed by atoms with E-state index in [0.29, 0.717) is 18.8 Å². The second kappa shape index (κ2) is 5.77. The van der Waals surface area contributed by atoms with E-state index >= 15 is 0 Å². The third-order valence-corrected chi connectivity index (χ3v) is 4.79. The van der Waals surface area contributed by atoms with Crippen LogP contribution in [0, 0.1) is 0 Å². The lowest BCUT2D eigenvalue weighted by Crippen LogP contribution is -2.52. The van der Waals surface area contributed by atoms with E-state index in [4.69, 9.17) is 0 Å². The zero-order valence-electron chi connectivity index (χ0n) is 11.6. The van der Waals surface area contributed by atoms with E-state index in [-0.39, 0.29) is 11.9 Å². The largest absolute Gasteiger partial charge is 0.390 e. The Morgan fingerprint density at radius 2 is 2.10 bits per heavy atom. The molecular formula is C13H20N4O2S. The van der Waals surface area contributed by atoms with Crippen molar-refractivity contribution in [1.29, 1.82) is 0 Å². The number of likely N-dealkylation sites (N-methyl/N-ethyl adjacent to an activating group) is 1. The van der Waals surface area contributed by atoms with Crippen LogP contribution in [-0.4, -0.2) is 89.2 Å². The van der Waals surface area contributed by atoms with Gasteiger partial charge in [0.05, 0.1) is 17.7 Å². The number of piperazine rings is 1. The van der Waals surface area contributed by atoms with Crippen molar-refractivity contribution in [3.63, 3.8) is 0 Å². The van der Waals surface area contributed by atoms with Gasteiger partial charge in [-0.1, -0.05) is 0 Å². The van der Waals surface area contributed by atoms with Crippen molar-refractivity contribution in [2.24, 2.45) is 0 Å². The Hall–Kier alpha value is -1.02. The van der Waals surface area contributed by atoms with Gasteiger partial charge in [0.2, 0.25) is 0 Å². The number of likely N-dealkylation sites (tertiary alicyclic amines) is 1. The predicted octanol–water partition coefficient (Wildman–Crippen LogP) is -0.424. The number of rotatable bonds is 2. The van der Waals surface area contributed by atoms with Crippen LogP contribution in [0.15, 0.2) is 10.9 Å². The molecule has 3 heterocycles. The summed E-state index contributed by atoms with van der Waals surface area (Å²) >= 11 is 1.42. The molecule has 0 spiro atoms. The quantitative estimate of drug-likeness (QED) is 0.803. The summed E-state index contributed by atoms with van der Waals surface area (Å²) in [5.74, 6) is -0.0677. The van der Waals surface area contributed by atoms with Gasteiger partial charge in [-0.3, -0.25) is 9.69 Å². The highest BCUT2D eigenvalue weighted by Crippen LogP contribution is 2.20. The lowest BCUT2D eigenvalue weighted by atomic mass is 10.1. The highest BCUT2D eigenvalue weighted by Gasteiger charge is 2.38. The molecule has 0 saturated carbocycles. The number of thiazole rings is 1. The lowest BCUT2D eigenvalue weighted by Gasteiger charge is -2.37. The van der Waals surface area contributed by atoms with Crippen LogP contribution in [-0.2, 0) is 0 Å². The van der Waals surface area contributed by atoms with Gasteiger partial charge in [0.15, 0.2) is 0 Å². The number of hydrogen-bond acceptors (Lipinski definition) is 6. The monoisotopic (exact) mass is 296 g/mol. The molecule has 2 aliphatic heterocycles. The van der Waals surface area contributed by atoms with Crippen molar-refractivity contribution in [1.82, 2.24) is 19.7 Å². The summed E-state index contributed by atoms with van der Waals surface area (Å²) in [6.45, 7) is 4.95. The summed E-state index contributed by atoms with van der Waals surface area (Å²) in [5.41, 5.74) is 2.15. The van der Waals surface area contributed by atoms with Gasteiger partial charge in [0.1, 0.15) is 5.69 Å². The fourth-order valence-corrected chi connectivity index (χ4v) is 3.45. The predicted molar refractivity (Wildman–Crippen MR) is 76.9 cm³/mol. The molecule has 1 aromatic heterocycles. The number of hydrogen-bond donors (Lipinski definition) is 1. The van der Waals surface area contributed by atoms with E-state index in [9.17, 15) is 9.90 Å². The summed E-state index contributed by atoms with van der Waals surface area (Å²) in [5, 5.41) is 12.0. The fourth-order valence-electron chi connectivity index (χ4n) is 2.93. The Morgan fingerprint density at radius 3 is 2.75 bits per heavy atom. The third kappa shape index (κ3) is 2.71. The first-order valence-corrected chi connectivity index (χ1v) is 7.87. The highest BCUT2D eigenvalue weighted by atomic mass is 32.1. The van der Waals surface area contributed by atoms with Gasteiger partial charge in [-0.05, 0) is 7.05 Å². The van der Waals surface area contributed by atoms with Crippen LogP contribution in [0.25, 0.3) is 0 Å². The standard InChI is InChI=1S/C13H20N4O2S/c1-15-2-4-16(5-3-15)11-6-17(7-12(11)18)13(19)10-8-20-9-14-10/h8-9,11-12,18H,2-7H2,1H3/t11-,12-/m1/s1.